The third-order valence-corrected chi connectivity index (χ3v) is 2.37. The largest absolute Gasteiger partial charge is 0.496 e. The number of aryl methyl sites for hydroxylation is 1. The summed E-state index contributed by atoms with van der Waals surface area (Å²) in [7, 11) is 1.60. The molecule has 0 heterocycles. The van der Waals surface area contributed by atoms with Crippen LogP contribution in [0.3, 0.4) is 0 Å². The van der Waals surface area contributed by atoms with Crippen LogP contribution in [0.4, 0.5) is 0 Å². The van der Waals surface area contributed by atoms with Crippen molar-refractivity contribution in [2.24, 2.45) is 0 Å². The Hall–Kier alpha value is -1.93. The Morgan fingerprint density at radius 2 is 2.12 bits per heavy atom. The smallest absolute Gasteiger partial charge is 0.331 e. The van der Waals surface area contributed by atoms with E-state index in [2.05, 4.69) is 4.79 Å². The Kier molecular flexibility index (Phi) is 4.42. The van der Waals surface area contributed by atoms with Crippen molar-refractivity contribution >= 4 is 11.5 Å². The maximum Gasteiger partial charge on any atom is 0.331 e. The molecule has 4 nitrogen and oxygen atoms in total. The summed E-state index contributed by atoms with van der Waals surface area (Å²) >= 11 is 0. The van der Waals surface area contributed by atoms with Crippen molar-refractivity contribution in [3.05, 3.63) is 35.4 Å². The van der Waals surface area contributed by atoms with Crippen molar-refractivity contribution in [3.8, 4) is 5.75 Å². The number of hydrogen-bond donors (Lipinski definition) is 0. The molecular weight excluding hydrogens is 204 g/mol. The Morgan fingerprint density at radius 1 is 1.44 bits per heavy atom. The van der Waals surface area contributed by atoms with Crippen molar-refractivity contribution in [1.29, 1.82) is 0 Å². The van der Waals surface area contributed by atoms with E-state index < -0.39 is 0 Å². The zero-order chi connectivity index (χ0) is 12.0. The van der Waals surface area contributed by atoms with Crippen LogP contribution in [-0.2, 0) is 11.2 Å². The van der Waals surface area contributed by atoms with Crippen LogP contribution in [0.1, 0.15) is 18.9 Å². The van der Waals surface area contributed by atoms with E-state index in [9.17, 15) is 4.79 Å². The van der Waals surface area contributed by atoms with Crippen molar-refractivity contribution in [1.82, 2.24) is 0 Å². The first kappa shape index (κ1) is 12.1. The molecule has 0 radical (unpaired) electrons. The third kappa shape index (κ3) is 3.04. The molecule has 0 N–H and O–H groups in total. The Labute approximate surface area is 94.5 Å². The summed E-state index contributed by atoms with van der Waals surface area (Å²) in [6.45, 7) is 1.49. The maximum atomic E-state index is 11.4. The number of Topliss-reactive ketones (excluding diaryl/α,β-unsaturated/α-hetero) is 1. The fourth-order valence-electron chi connectivity index (χ4n) is 1.39. The van der Waals surface area contributed by atoms with E-state index in [0.717, 1.165) is 11.3 Å². The molecule has 0 fully saturated rings. The van der Waals surface area contributed by atoms with Gasteiger partial charge in [-0.1, -0.05) is 18.2 Å². The lowest BCUT2D eigenvalue weighted by atomic mass is 10.0. The summed E-state index contributed by atoms with van der Waals surface area (Å²) in [5.74, 6) is 0.613. The van der Waals surface area contributed by atoms with Crippen molar-refractivity contribution in [2.75, 3.05) is 7.11 Å². The van der Waals surface area contributed by atoms with E-state index in [4.69, 9.17) is 10.3 Å². The number of rotatable bonds is 5. The first-order valence-corrected chi connectivity index (χ1v) is 5.02. The van der Waals surface area contributed by atoms with Gasteiger partial charge < -0.3 is 10.3 Å². The first-order valence-electron chi connectivity index (χ1n) is 5.02. The second kappa shape index (κ2) is 5.83. The number of para-hydroxylation sites is 1. The van der Waals surface area contributed by atoms with Gasteiger partial charge in [0.25, 0.3) is 0 Å². The summed E-state index contributed by atoms with van der Waals surface area (Å²) in [5, 5.41) is 0. The third-order valence-electron chi connectivity index (χ3n) is 2.37. The lowest BCUT2D eigenvalue weighted by molar-refractivity contribution is -0.117. The number of nitrogens with zero attached hydrogens (tertiary/aromatic N) is 2. The van der Waals surface area contributed by atoms with E-state index in [-0.39, 0.29) is 11.5 Å². The van der Waals surface area contributed by atoms with E-state index in [1.807, 2.05) is 24.3 Å². The summed E-state index contributed by atoms with van der Waals surface area (Å²) in [5.41, 5.74) is 9.56. The van der Waals surface area contributed by atoms with Gasteiger partial charge >= 0.3 is 5.71 Å². The van der Waals surface area contributed by atoms with Crippen LogP contribution < -0.4 is 4.74 Å². The monoisotopic (exact) mass is 218 g/mol. The normalized spacial score (nSPS) is 9.38. The Bertz CT molecular complexity index is 434. The molecule has 1 rings (SSSR count). The molecule has 1 aromatic rings. The van der Waals surface area contributed by atoms with Crippen LogP contribution >= 0.6 is 0 Å². The molecule has 84 valence electrons. The quantitative estimate of drug-likeness (QED) is 0.430. The lowest BCUT2D eigenvalue weighted by Gasteiger charge is -2.06. The van der Waals surface area contributed by atoms with Gasteiger partial charge in [0.1, 0.15) is 5.75 Å². The standard InChI is InChI=1S/C12H14N2O2/c1-9(14-13)11(15)8-7-10-5-3-4-6-12(10)16-2/h3-6H,7-8H2,1-2H3. The van der Waals surface area contributed by atoms with E-state index >= 15 is 0 Å². The summed E-state index contributed by atoms with van der Waals surface area (Å²) < 4.78 is 5.17. The molecule has 0 aliphatic rings. The van der Waals surface area contributed by atoms with Gasteiger partial charge in [-0.15, -0.1) is 0 Å². The number of ketones is 1. The molecule has 0 saturated carbocycles. The van der Waals surface area contributed by atoms with Crippen LogP contribution in [0.15, 0.2) is 24.3 Å². The van der Waals surface area contributed by atoms with Gasteiger partial charge in [-0.25, -0.2) is 0 Å². The zero-order valence-electron chi connectivity index (χ0n) is 9.43. The number of benzene rings is 1. The van der Waals surface area contributed by atoms with Gasteiger partial charge in [-0.2, -0.15) is 4.79 Å². The number of carbonyl (C=O) groups is 1. The molecule has 0 unspecified atom stereocenters. The van der Waals surface area contributed by atoms with Crippen LogP contribution in [-0.4, -0.2) is 23.4 Å². The molecule has 0 aliphatic carbocycles. The molecule has 0 aromatic heterocycles. The molecular formula is C12H14N2O2. The van der Waals surface area contributed by atoms with Crippen LogP contribution in [0.5, 0.6) is 5.75 Å². The molecule has 0 atom stereocenters. The van der Waals surface area contributed by atoms with E-state index in [1.54, 1.807) is 7.11 Å². The average Bonchev–Trinajstić information content (AvgIpc) is 2.35. The van der Waals surface area contributed by atoms with Crippen molar-refractivity contribution in [2.45, 2.75) is 19.8 Å². The second-order valence-electron chi connectivity index (χ2n) is 3.42. The SMILES string of the molecule is COc1ccccc1CCC(=O)C(C)=[N+]=[N-]. The number of ether oxygens (including phenoxy) is 1. The van der Waals surface area contributed by atoms with Crippen LogP contribution in [0.25, 0.3) is 5.53 Å². The highest BCUT2D eigenvalue weighted by molar-refractivity contribution is 6.36. The number of methoxy groups -OCH3 is 1. The first-order chi connectivity index (χ1) is 7.69. The van der Waals surface area contributed by atoms with Gasteiger partial charge in [0, 0.05) is 13.3 Å². The second-order valence-corrected chi connectivity index (χ2v) is 3.42. The fourth-order valence-corrected chi connectivity index (χ4v) is 1.39. The van der Waals surface area contributed by atoms with Crippen molar-refractivity contribution < 1.29 is 14.3 Å². The van der Waals surface area contributed by atoms with Crippen molar-refractivity contribution in [3.63, 3.8) is 0 Å². The van der Waals surface area contributed by atoms with Gasteiger partial charge in [-0.05, 0) is 18.1 Å². The number of hydrogen-bond acceptors (Lipinski definition) is 2. The zero-order valence-corrected chi connectivity index (χ0v) is 9.43. The highest BCUT2D eigenvalue weighted by Gasteiger charge is 2.14. The van der Waals surface area contributed by atoms with Gasteiger partial charge in [-0.3, -0.25) is 4.79 Å². The van der Waals surface area contributed by atoms with Crippen LogP contribution in [0.2, 0.25) is 0 Å². The average molecular weight is 218 g/mol. The minimum absolute atomic E-state index is 0.134. The van der Waals surface area contributed by atoms with Gasteiger partial charge in [0.05, 0.1) is 7.11 Å². The highest BCUT2D eigenvalue weighted by Crippen LogP contribution is 2.18. The van der Waals surface area contributed by atoms with Gasteiger partial charge in [0.15, 0.2) is 0 Å². The van der Waals surface area contributed by atoms with Crippen LogP contribution in [0, 0.1) is 0 Å². The Balaban J connectivity index is 2.68. The Morgan fingerprint density at radius 3 is 2.75 bits per heavy atom. The minimum atomic E-state index is -0.159. The topological polar surface area (TPSA) is 62.7 Å². The number of carbonyl (C=O) groups excluding carboxylic acids is 1. The van der Waals surface area contributed by atoms with E-state index in [1.165, 1.54) is 6.92 Å². The predicted molar refractivity (Wildman–Crippen MR) is 60.6 cm³/mol. The highest BCUT2D eigenvalue weighted by atomic mass is 16.5. The molecule has 0 amide bonds. The molecule has 16 heavy (non-hydrogen) atoms. The van der Waals surface area contributed by atoms with Gasteiger partial charge in [0.2, 0.25) is 5.78 Å². The van der Waals surface area contributed by atoms with E-state index in [0.29, 0.717) is 12.8 Å². The molecule has 0 aliphatic heterocycles. The molecule has 0 saturated heterocycles. The molecule has 0 spiro atoms. The lowest BCUT2D eigenvalue weighted by Crippen LogP contribution is -2.12. The minimum Gasteiger partial charge on any atom is -0.496 e. The molecule has 0 bridgehead atoms. The molecule has 1 aromatic carbocycles. The summed E-state index contributed by atoms with van der Waals surface area (Å²) in [4.78, 5) is 14.3. The summed E-state index contributed by atoms with van der Waals surface area (Å²) in [6.07, 6.45) is 0.895. The predicted octanol–water partition coefficient (Wildman–Crippen LogP) is 1.89. The fraction of sp³-hybridized carbons (Fsp3) is 0.333. The maximum absolute atomic E-state index is 11.4. The summed E-state index contributed by atoms with van der Waals surface area (Å²) in [6, 6.07) is 7.55. The molecule has 4 heteroatoms.